The lowest BCUT2D eigenvalue weighted by molar-refractivity contribution is -0.123. The van der Waals surface area contributed by atoms with Gasteiger partial charge in [0.25, 0.3) is 5.91 Å². The van der Waals surface area contributed by atoms with Gasteiger partial charge in [-0.15, -0.1) is 0 Å². The number of benzene rings is 3. The number of rotatable bonds is 7. The van der Waals surface area contributed by atoms with Crippen LogP contribution in [0.15, 0.2) is 84.0 Å². The lowest BCUT2D eigenvalue weighted by Crippen LogP contribution is -2.24. The van der Waals surface area contributed by atoms with E-state index in [0.717, 1.165) is 0 Å². The fourth-order valence-corrected chi connectivity index (χ4v) is 2.41. The zero-order chi connectivity index (χ0) is 20.5. The summed E-state index contributed by atoms with van der Waals surface area (Å²) in [7, 11) is 0. The molecule has 0 heterocycles. The van der Waals surface area contributed by atoms with Gasteiger partial charge < -0.3 is 9.47 Å². The molecule has 0 fully saturated rings. The predicted molar refractivity (Wildman–Crippen MR) is 111 cm³/mol. The van der Waals surface area contributed by atoms with Crippen molar-refractivity contribution < 1.29 is 19.1 Å². The summed E-state index contributed by atoms with van der Waals surface area (Å²) in [5.74, 6) is 0.0621. The summed E-state index contributed by atoms with van der Waals surface area (Å²) in [5.41, 5.74) is 3.41. The van der Waals surface area contributed by atoms with Crippen molar-refractivity contribution in [3.63, 3.8) is 0 Å². The number of carbonyl (C=O) groups is 2. The molecule has 3 rings (SSSR count). The molecule has 6 nitrogen and oxygen atoms in total. The maximum Gasteiger partial charge on any atom is 0.343 e. The molecule has 0 aliphatic rings. The van der Waals surface area contributed by atoms with Crippen LogP contribution in [-0.2, 0) is 4.79 Å². The van der Waals surface area contributed by atoms with Crippen molar-refractivity contribution in [1.82, 2.24) is 5.43 Å². The van der Waals surface area contributed by atoms with E-state index in [1.54, 1.807) is 60.7 Å². The third kappa shape index (κ3) is 6.48. The number of nitrogens with one attached hydrogen (secondary N) is 1. The Morgan fingerprint density at radius 3 is 2.41 bits per heavy atom. The van der Waals surface area contributed by atoms with Crippen LogP contribution in [0.4, 0.5) is 0 Å². The van der Waals surface area contributed by atoms with Gasteiger partial charge in [0.15, 0.2) is 6.61 Å². The van der Waals surface area contributed by atoms with Gasteiger partial charge in [-0.2, -0.15) is 5.10 Å². The Morgan fingerprint density at radius 2 is 1.66 bits per heavy atom. The maximum absolute atomic E-state index is 12.2. The van der Waals surface area contributed by atoms with Gasteiger partial charge in [0.1, 0.15) is 11.5 Å². The Balaban J connectivity index is 1.51. The lowest BCUT2D eigenvalue weighted by Gasteiger charge is -2.05. The zero-order valence-electron chi connectivity index (χ0n) is 15.2. The number of esters is 1. The first-order valence-corrected chi connectivity index (χ1v) is 9.05. The first kappa shape index (κ1) is 20.1. The number of hydrogen-bond acceptors (Lipinski definition) is 5. The Labute approximate surface area is 172 Å². The van der Waals surface area contributed by atoms with Crippen molar-refractivity contribution >= 4 is 29.7 Å². The van der Waals surface area contributed by atoms with Crippen molar-refractivity contribution in [1.29, 1.82) is 0 Å². The number of ether oxygens (including phenoxy) is 2. The number of hydrogen-bond donors (Lipinski definition) is 1. The van der Waals surface area contributed by atoms with E-state index in [0.29, 0.717) is 27.6 Å². The molecule has 7 heteroatoms. The maximum atomic E-state index is 12.2. The van der Waals surface area contributed by atoms with Crippen LogP contribution in [0.3, 0.4) is 0 Å². The number of amides is 1. The van der Waals surface area contributed by atoms with E-state index in [9.17, 15) is 9.59 Å². The quantitative estimate of drug-likeness (QED) is 0.276. The zero-order valence-corrected chi connectivity index (χ0v) is 16.0. The molecule has 0 aliphatic carbocycles. The molecule has 29 heavy (non-hydrogen) atoms. The molecular formula is C22H17ClN2O4. The van der Waals surface area contributed by atoms with E-state index in [4.69, 9.17) is 21.1 Å². The third-order valence-electron chi connectivity index (χ3n) is 3.66. The highest BCUT2D eigenvalue weighted by Gasteiger charge is 2.08. The molecule has 0 spiro atoms. The van der Waals surface area contributed by atoms with Crippen LogP contribution < -0.4 is 14.9 Å². The summed E-state index contributed by atoms with van der Waals surface area (Å²) >= 11 is 5.81. The van der Waals surface area contributed by atoms with Gasteiger partial charge in [-0.05, 0) is 54.1 Å². The molecule has 0 unspecified atom stereocenters. The molecule has 0 radical (unpaired) electrons. The minimum absolute atomic E-state index is 0.153. The lowest BCUT2D eigenvalue weighted by atomic mass is 10.2. The second kappa shape index (κ2) is 10.1. The Kier molecular flexibility index (Phi) is 6.97. The third-order valence-corrected chi connectivity index (χ3v) is 3.92. The highest BCUT2D eigenvalue weighted by Crippen LogP contribution is 2.16. The molecule has 0 saturated heterocycles. The normalized spacial score (nSPS) is 10.5. The topological polar surface area (TPSA) is 77.0 Å². The molecule has 3 aromatic rings. The van der Waals surface area contributed by atoms with Crippen molar-refractivity contribution in [2.45, 2.75) is 0 Å². The molecule has 1 N–H and O–H groups in total. The molecule has 146 valence electrons. The average molecular weight is 409 g/mol. The van der Waals surface area contributed by atoms with Gasteiger partial charge >= 0.3 is 5.97 Å². The standard InChI is InChI=1S/C22H17ClN2O4/c23-18-11-9-17(10-12-18)22(27)29-20-8-4-5-16(13-20)14-24-25-21(26)15-28-19-6-2-1-3-7-19/h1-14H,15H2,(H,25,26)/b24-14-. The Hall–Kier alpha value is -3.64. The molecule has 1 amide bonds. The van der Waals surface area contributed by atoms with E-state index >= 15 is 0 Å². The highest BCUT2D eigenvalue weighted by atomic mass is 35.5. The van der Waals surface area contributed by atoms with Crippen LogP contribution in [0.1, 0.15) is 15.9 Å². The van der Waals surface area contributed by atoms with Gasteiger partial charge in [-0.3, -0.25) is 4.79 Å². The van der Waals surface area contributed by atoms with Crippen LogP contribution in [-0.4, -0.2) is 24.7 Å². The molecule has 0 saturated carbocycles. The monoisotopic (exact) mass is 408 g/mol. The van der Waals surface area contributed by atoms with Crippen molar-refractivity contribution in [3.8, 4) is 11.5 Å². The summed E-state index contributed by atoms with van der Waals surface area (Å²) in [5, 5.41) is 4.42. The van der Waals surface area contributed by atoms with E-state index in [-0.39, 0.29) is 6.61 Å². The van der Waals surface area contributed by atoms with E-state index in [2.05, 4.69) is 10.5 Å². The van der Waals surface area contributed by atoms with Crippen LogP contribution in [0.2, 0.25) is 5.02 Å². The van der Waals surface area contributed by atoms with Crippen molar-refractivity contribution in [2.75, 3.05) is 6.61 Å². The van der Waals surface area contributed by atoms with E-state index in [1.165, 1.54) is 6.21 Å². The fraction of sp³-hybridized carbons (Fsp3) is 0.0455. The van der Waals surface area contributed by atoms with E-state index in [1.807, 2.05) is 18.2 Å². The van der Waals surface area contributed by atoms with Crippen LogP contribution in [0, 0.1) is 0 Å². The largest absolute Gasteiger partial charge is 0.484 e. The molecule has 0 bridgehead atoms. The summed E-state index contributed by atoms with van der Waals surface area (Å²) < 4.78 is 10.7. The molecule has 0 atom stereocenters. The van der Waals surface area contributed by atoms with Gasteiger partial charge in [0.2, 0.25) is 0 Å². The van der Waals surface area contributed by atoms with Crippen molar-refractivity contribution in [3.05, 3.63) is 95.0 Å². The molecule has 0 aromatic heterocycles. The number of hydrazone groups is 1. The number of halogens is 1. The smallest absolute Gasteiger partial charge is 0.343 e. The minimum Gasteiger partial charge on any atom is -0.484 e. The second-order valence-electron chi connectivity index (χ2n) is 5.86. The first-order chi connectivity index (χ1) is 14.1. The summed E-state index contributed by atoms with van der Waals surface area (Å²) in [4.78, 5) is 23.9. The highest BCUT2D eigenvalue weighted by molar-refractivity contribution is 6.30. The van der Waals surface area contributed by atoms with Gasteiger partial charge in [0.05, 0.1) is 11.8 Å². The summed E-state index contributed by atoms with van der Waals surface area (Å²) in [6, 6.07) is 22.2. The average Bonchev–Trinajstić information content (AvgIpc) is 2.74. The fourth-order valence-electron chi connectivity index (χ4n) is 2.29. The minimum atomic E-state index is -0.498. The first-order valence-electron chi connectivity index (χ1n) is 8.68. The van der Waals surface area contributed by atoms with Crippen LogP contribution in [0.5, 0.6) is 11.5 Å². The van der Waals surface area contributed by atoms with E-state index < -0.39 is 11.9 Å². The Bertz CT molecular complexity index is 1000. The SMILES string of the molecule is O=C(COc1ccccc1)N/N=C\c1cccc(OC(=O)c2ccc(Cl)cc2)c1. The second-order valence-corrected chi connectivity index (χ2v) is 6.30. The summed E-state index contributed by atoms with van der Waals surface area (Å²) in [6.07, 6.45) is 1.44. The van der Waals surface area contributed by atoms with Gasteiger partial charge in [-0.1, -0.05) is 41.9 Å². The van der Waals surface area contributed by atoms with Crippen molar-refractivity contribution in [2.24, 2.45) is 5.10 Å². The van der Waals surface area contributed by atoms with Crippen LogP contribution >= 0.6 is 11.6 Å². The number of para-hydroxylation sites is 1. The van der Waals surface area contributed by atoms with Gasteiger partial charge in [-0.25, -0.2) is 10.2 Å². The number of nitrogens with zero attached hydrogens (tertiary/aromatic N) is 1. The molecular weight excluding hydrogens is 392 g/mol. The molecule has 3 aromatic carbocycles. The predicted octanol–water partition coefficient (Wildman–Crippen LogP) is 4.09. The summed E-state index contributed by atoms with van der Waals surface area (Å²) in [6.45, 7) is -0.153. The Morgan fingerprint density at radius 1 is 0.931 bits per heavy atom. The molecule has 0 aliphatic heterocycles. The number of carbonyl (C=O) groups excluding carboxylic acids is 2. The van der Waals surface area contributed by atoms with Crippen LogP contribution in [0.25, 0.3) is 0 Å². The van der Waals surface area contributed by atoms with Gasteiger partial charge in [0, 0.05) is 5.02 Å².